The Hall–Kier alpha value is -1.03. The molecular formula is C16H21ClN2O. The van der Waals surface area contributed by atoms with Crippen molar-refractivity contribution in [2.45, 2.75) is 38.3 Å². The summed E-state index contributed by atoms with van der Waals surface area (Å²) in [5.41, 5.74) is 2.36. The largest absolute Gasteiger partial charge is 0.393 e. The lowest BCUT2D eigenvalue weighted by Crippen LogP contribution is -2.28. The molecule has 0 spiro atoms. The van der Waals surface area contributed by atoms with Gasteiger partial charge in [0.2, 0.25) is 0 Å². The summed E-state index contributed by atoms with van der Waals surface area (Å²) < 4.78 is 0. The summed E-state index contributed by atoms with van der Waals surface area (Å²) in [6.07, 6.45) is 6.25. The van der Waals surface area contributed by atoms with E-state index < -0.39 is 0 Å². The van der Waals surface area contributed by atoms with Gasteiger partial charge in [-0.25, -0.2) is 0 Å². The Morgan fingerprint density at radius 1 is 1.35 bits per heavy atom. The zero-order valence-electron chi connectivity index (χ0n) is 11.5. The van der Waals surface area contributed by atoms with E-state index in [9.17, 15) is 5.11 Å². The van der Waals surface area contributed by atoms with Crippen LogP contribution in [0, 0.1) is 5.92 Å². The van der Waals surface area contributed by atoms with Crippen molar-refractivity contribution in [2.24, 2.45) is 5.92 Å². The van der Waals surface area contributed by atoms with E-state index in [2.05, 4.69) is 16.4 Å². The van der Waals surface area contributed by atoms with Crippen molar-refractivity contribution in [3.05, 3.63) is 35.0 Å². The first-order chi connectivity index (χ1) is 9.72. The molecular weight excluding hydrogens is 272 g/mol. The molecule has 1 heterocycles. The van der Waals surface area contributed by atoms with Crippen LogP contribution in [0.15, 0.2) is 24.4 Å². The second-order valence-corrected chi connectivity index (χ2v) is 6.26. The van der Waals surface area contributed by atoms with Gasteiger partial charge in [-0.05, 0) is 49.4 Å². The fraction of sp³-hybridized carbons (Fsp3) is 0.500. The maximum atomic E-state index is 9.68. The lowest BCUT2D eigenvalue weighted by atomic mass is 9.87. The maximum absolute atomic E-state index is 9.68. The van der Waals surface area contributed by atoms with Crippen LogP contribution in [0.3, 0.4) is 0 Å². The SMILES string of the molecule is OC1CCCC(CNCc2c[nH]c3cc(Cl)ccc23)C1. The number of benzene rings is 1. The molecule has 1 aliphatic carbocycles. The minimum Gasteiger partial charge on any atom is -0.393 e. The summed E-state index contributed by atoms with van der Waals surface area (Å²) >= 11 is 5.99. The molecule has 3 N–H and O–H groups in total. The Bertz CT molecular complexity index is 581. The molecule has 0 bridgehead atoms. The van der Waals surface area contributed by atoms with Gasteiger partial charge in [-0.3, -0.25) is 0 Å². The van der Waals surface area contributed by atoms with E-state index in [1.807, 2.05) is 18.3 Å². The molecule has 1 aromatic carbocycles. The van der Waals surface area contributed by atoms with Gasteiger partial charge < -0.3 is 15.4 Å². The van der Waals surface area contributed by atoms with Gasteiger partial charge in [-0.1, -0.05) is 24.1 Å². The molecule has 1 aliphatic rings. The quantitative estimate of drug-likeness (QED) is 0.808. The average Bonchev–Trinajstić information content (AvgIpc) is 2.81. The van der Waals surface area contributed by atoms with Crippen LogP contribution in [-0.4, -0.2) is 22.7 Å². The Labute approximate surface area is 124 Å². The summed E-state index contributed by atoms with van der Waals surface area (Å²) in [4.78, 5) is 3.26. The smallest absolute Gasteiger partial charge is 0.0543 e. The summed E-state index contributed by atoms with van der Waals surface area (Å²) in [5, 5.41) is 15.2. The molecule has 2 atom stereocenters. The highest BCUT2D eigenvalue weighted by atomic mass is 35.5. The Morgan fingerprint density at radius 3 is 3.10 bits per heavy atom. The van der Waals surface area contributed by atoms with Gasteiger partial charge >= 0.3 is 0 Å². The number of hydrogen-bond donors (Lipinski definition) is 3. The fourth-order valence-electron chi connectivity index (χ4n) is 3.16. The number of aromatic amines is 1. The van der Waals surface area contributed by atoms with Crippen LogP contribution < -0.4 is 5.32 Å². The molecule has 4 heteroatoms. The Kier molecular flexibility index (Phi) is 4.29. The molecule has 1 fully saturated rings. The highest BCUT2D eigenvalue weighted by Gasteiger charge is 2.19. The number of rotatable bonds is 4. The first kappa shape index (κ1) is 13.9. The molecule has 0 aliphatic heterocycles. The molecule has 1 aromatic heterocycles. The standard InChI is InChI=1S/C16H21ClN2O/c17-13-4-5-15-12(10-19-16(15)7-13)9-18-8-11-2-1-3-14(20)6-11/h4-5,7,10-11,14,18-20H,1-3,6,8-9H2. The van der Waals surface area contributed by atoms with Crippen molar-refractivity contribution in [3.8, 4) is 0 Å². The molecule has 0 radical (unpaired) electrons. The minimum absolute atomic E-state index is 0.0919. The number of halogens is 1. The van der Waals surface area contributed by atoms with Crippen LogP contribution in [0.4, 0.5) is 0 Å². The number of aliphatic hydroxyl groups is 1. The predicted octanol–water partition coefficient (Wildman–Crippen LogP) is 3.46. The molecule has 0 amide bonds. The molecule has 3 nitrogen and oxygen atoms in total. The minimum atomic E-state index is -0.0919. The highest BCUT2D eigenvalue weighted by Crippen LogP contribution is 2.24. The van der Waals surface area contributed by atoms with Gasteiger partial charge in [-0.2, -0.15) is 0 Å². The van der Waals surface area contributed by atoms with Crippen molar-refractivity contribution < 1.29 is 5.11 Å². The zero-order valence-corrected chi connectivity index (χ0v) is 12.3. The molecule has 2 aromatic rings. The third-order valence-electron chi connectivity index (χ3n) is 4.23. The predicted molar refractivity (Wildman–Crippen MR) is 83.0 cm³/mol. The van der Waals surface area contributed by atoms with Gasteiger partial charge in [0.15, 0.2) is 0 Å². The molecule has 108 valence electrons. The third kappa shape index (κ3) is 3.17. The van der Waals surface area contributed by atoms with Gasteiger partial charge in [0.25, 0.3) is 0 Å². The number of hydrogen-bond acceptors (Lipinski definition) is 2. The molecule has 0 saturated heterocycles. The Balaban J connectivity index is 1.57. The normalized spacial score (nSPS) is 23.3. The van der Waals surface area contributed by atoms with Crippen molar-refractivity contribution >= 4 is 22.5 Å². The molecule has 3 rings (SSSR count). The monoisotopic (exact) mass is 292 g/mol. The van der Waals surface area contributed by atoms with E-state index in [0.717, 1.165) is 42.9 Å². The van der Waals surface area contributed by atoms with Crippen LogP contribution in [0.2, 0.25) is 5.02 Å². The van der Waals surface area contributed by atoms with Crippen molar-refractivity contribution in [3.63, 3.8) is 0 Å². The first-order valence-corrected chi connectivity index (χ1v) is 7.74. The van der Waals surface area contributed by atoms with Gasteiger partial charge in [0, 0.05) is 28.7 Å². The lowest BCUT2D eigenvalue weighted by Gasteiger charge is -2.25. The van der Waals surface area contributed by atoms with Gasteiger partial charge in [0.05, 0.1) is 6.10 Å². The summed E-state index contributed by atoms with van der Waals surface area (Å²) in [5.74, 6) is 0.610. The van der Waals surface area contributed by atoms with E-state index in [4.69, 9.17) is 11.6 Å². The summed E-state index contributed by atoms with van der Waals surface area (Å²) in [7, 11) is 0. The van der Waals surface area contributed by atoms with E-state index in [1.54, 1.807) is 0 Å². The molecule has 2 unspecified atom stereocenters. The molecule has 1 saturated carbocycles. The number of fused-ring (bicyclic) bond motifs is 1. The summed E-state index contributed by atoms with van der Waals surface area (Å²) in [6, 6.07) is 5.95. The number of aromatic nitrogens is 1. The number of H-pyrrole nitrogens is 1. The van der Waals surface area contributed by atoms with E-state index in [-0.39, 0.29) is 6.10 Å². The molecule has 20 heavy (non-hydrogen) atoms. The van der Waals surface area contributed by atoms with Crippen molar-refractivity contribution in [2.75, 3.05) is 6.54 Å². The van der Waals surface area contributed by atoms with Crippen LogP contribution in [0.1, 0.15) is 31.2 Å². The maximum Gasteiger partial charge on any atom is 0.0543 e. The second-order valence-electron chi connectivity index (χ2n) is 5.82. The number of aliphatic hydroxyl groups excluding tert-OH is 1. The van der Waals surface area contributed by atoms with E-state index >= 15 is 0 Å². The summed E-state index contributed by atoms with van der Waals surface area (Å²) in [6.45, 7) is 1.84. The Morgan fingerprint density at radius 2 is 2.25 bits per heavy atom. The van der Waals surface area contributed by atoms with E-state index in [1.165, 1.54) is 17.4 Å². The lowest BCUT2D eigenvalue weighted by molar-refractivity contribution is 0.101. The van der Waals surface area contributed by atoms with Crippen LogP contribution in [0.25, 0.3) is 10.9 Å². The first-order valence-electron chi connectivity index (χ1n) is 7.36. The van der Waals surface area contributed by atoms with Gasteiger partial charge in [-0.15, -0.1) is 0 Å². The third-order valence-corrected chi connectivity index (χ3v) is 4.47. The highest BCUT2D eigenvalue weighted by molar-refractivity contribution is 6.31. The number of nitrogens with one attached hydrogen (secondary N) is 2. The van der Waals surface area contributed by atoms with E-state index in [0.29, 0.717) is 5.92 Å². The average molecular weight is 293 g/mol. The van der Waals surface area contributed by atoms with Crippen LogP contribution in [-0.2, 0) is 6.54 Å². The van der Waals surface area contributed by atoms with Crippen molar-refractivity contribution in [1.29, 1.82) is 0 Å². The van der Waals surface area contributed by atoms with Crippen LogP contribution >= 0.6 is 11.6 Å². The van der Waals surface area contributed by atoms with Gasteiger partial charge in [0.1, 0.15) is 0 Å². The topological polar surface area (TPSA) is 48.0 Å². The zero-order chi connectivity index (χ0) is 13.9. The van der Waals surface area contributed by atoms with Crippen LogP contribution in [0.5, 0.6) is 0 Å². The van der Waals surface area contributed by atoms with Crippen molar-refractivity contribution in [1.82, 2.24) is 10.3 Å². The second kappa shape index (κ2) is 6.17. The fourth-order valence-corrected chi connectivity index (χ4v) is 3.34.